The van der Waals surface area contributed by atoms with Gasteiger partial charge in [-0.2, -0.15) is 0 Å². The summed E-state index contributed by atoms with van der Waals surface area (Å²) in [5, 5.41) is 17.0. The van der Waals surface area contributed by atoms with Gasteiger partial charge in [0.2, 0.25) is 23.6 Å². The lowest BCUT2D eigenvalue weighted by atomic mass is 9.99. The average molecular weight is 472 g/mol. The lowest BCUT2D eigenvalue weighted by Crippen LogP contribution is -2.58. The lowest BCUT2D eigenvalue weighted by molar-refractivity contribution is -0.143. The molecule has 0 bridgehead atoms. The van der Waals surface area contributed by atoms with Gasteiger partial charge in [0.25, 0.3) is 0 Å². The van der Waals surface area contributed by atoms with Crippen molar-refractivity contribution in [2.24, 2.45) is 29.2 Å². The van der Waals surface area contributed by atoms with Gasteiger partial charge in [0.15, 0.2) is 0 Å². The Hall–Kier alpha value is -2.69. The summed E-state index contributed by atoms with van der Waals surface area (Å²) in [5.41, 5.74) is 11.0. The maximum Gasteiger partial charge on any atom is 0.326 e. The van der Waals surface area contributed by atoms with Crippen LogP contribution in [0.3, 0.4) is 0 Å². The van der Waals surface area contributed by atoms with E-state index in [0.29, 0.717) is 0 Å². The Balaban J connectivity index is 5.57. The van der Waals surface area contributed by atoms with Crippen LogP contribution in [0.1, 0.15) is 67.2 Å². The van der Waals surface area contributed by atoms with Crippen LogP contribution in [0.25, 0.3) is 0 Å². The highest BCUT2D eigenvalue weighted by atomic mass is 16.4. The second-order valence-corrected chi connectivity index (χ2v) is 9.56. The van der Waals surface area contributed by atoms with Crippen molar-refractivity contribution in [3.05, 3.63) is 0 Å². The van der Waals surface area contributed by atoms with E-state index >= 15 is 0 Å². The number of amides is 4. The first-order valence-corrected chi connectivity index (χ1v) is 11.3. The fraction of sp³-hybridized carbons (Fsp3) is 0.773. The van der Waals surface area contributed by atoms with Crippen molar-refractivity contribution in [3.8, 4) is 0 Å². The third-order valence-corrected chi connectivity index (χ3v) is 5.00. The SMILES string of the molecule is CC(C)CC(NC(=O)C(CC(C)C)NC(=O)C(CCC(N)=O)NC(=O)C(N)C(C)C)C(=O)O. The average Bonchev–Trinajstić information content (AvgIpc) is 2.67. The van der Waals surface area contributed by atoms with Crippen LogP contribution in [-0.4, -0.2) is 58.9 Å². The maximum atomic E-state index is 13.0. The first-order valence-electron chi connectivity index (χ1n) is 11.3. The number of rotatable bonds is 15. The molecular weight excluding hydrogens is 430 g/mol. The van der Waals surface area contributed by atoms with Gasteiger partial charge >= 0.3 is 5.97 Å². The summed E-state index contributed by atoms with van der Waals surface area (Å²) >= 11 is 0. The summed E-state index contributed by atoms with van der Waals surface area (Å²) in [4.78, 5) is 61.0. The van der Waals surface area contributed by atoms with E-state index in [2.05, 4.69) is 16.0 Å². The molecule has 0 saturated carbocycles. The highest BCUT2D eigenvalue weighted by Crippen LogP contribution is 2.10. The predicted molar refractivity (Wildman–Crippen MR) is 124 cm³/mol. The molecule has 11 nitrogen and oxygen atoms in total. The number of primary amides is 1. The first kappa shape index (κ1) is 30.3. The Morgan fingerprint density at radius 1 is 0.727 bits per heavy atom. The molecule has 190 valence electrons. The molecule has 0 aliphatic carbocycles. The van der Waals surface area contributed by atoms with Gasteiger partial charge in [-0.25, -0.2) is 4.79 Å². The smallest absolute Gasteiger partial charge is 0.326 e. The molecule has 0 aromatic heterocycles. The molecule has 0 aromatic carbocycles. The zero-order chi connectivity index (χ0) is 25.9. The predicted octanol–water partition coefficient (Wildman–Crippen LogP) is -0.134. The number of hydrogen-bond acceptors (Lipinski definition) is 6. The standard InChI is InChI=1S/C22H41N5O6/c1-11(2)9-15(20(30)27-16(22(32)33)10-12(3)4)26-19(29)14(7-8-17(23)28)25-21(31)18(24)13(5)6/h11-16,18H,7-10,24H2,1-6H3,(H2,23,28)(H,25,31)(H,26,29)(H,27,30)(H,32,33). The molecule has 0 aromatic rings. The Morgan fingerprint density at radius 3 is 1.58 bits per heavy atom. The number of hydrogen-bond donors (Lipinski definition) is 6. The Kier molecular flexibility index (Phi) is 13.3. The molecule has 11 heteroatoms. The third-order valence-electron chi connectivity index (χ3n) is 5.00. The van der Waals surface area contributed by atoms with Gasteiger partial charge in [-0.05, 0) is 37.0 Å². The minimum atomic E-state index is -1.17. The van der Waals surface area contributed by atoms with Gasteiger partial charge in [-0.3, -0.25) is 19.2 Å². The minimum absolute atomic E-state index is 0.00227. The van der Waals surface area contributed by atoms with E-state index in [1.807, 2.05) is 27.7 Å². The van der Waals surface area contributed by atoms with Crippen LogP contribution in [0.5, 0.6) is 0 Å². The normalized spacial score (nSPS) is 15.0. The number of nitrogens with one attached hydrogen (secondary N) is 3. The molecule has 4 atom stereocenters. The number of aliphatic carboxylic acids is 1. The topological polar surface area (TPSA) is 194 Å². The van der Waals surface area contributed by atoms with Crippen molar-refractivity contribution >= 4 is 29.6 Å². The van der Waals surface area contributed by atoms with Crippen molar-refractivity contribution in [3.63, 3.8) is 0 Å². The van der Waals surface area contributed by atoms with Crippen LogP contribution in [0.15, 0.2) is 0 Å². The molecular formula is C22H41N5O6. The Labute approximate surface area is 195 Å². The highest BCUT2D eigenvalue weighted by Gasteiger charge is 2.31. The molecule has 0 radical (unpaired) electrons. The quantitative estimate of drug-likeness (QED) is 0.191. The lowest BCUT2D eigenvalue weighted by Gasteiger charge is -2.26. The molecule has 0 spiro atoms. The fourth-order valence-corrected chi connectivity index (χ4v) is 3.07. The summed E-state index contributed by atoms with van der Waals surface area (Å²) in [5.74, 6) is -3.85. The van der Waals surface area contributed by atoms with Crippen molar-refractivity contribution in [1.29, 1.82) is 0 Å². The van der Waals surface area contributed by atoms with E-state index < -0.39 is 53.8 Å². The molecule has 0 aliphatic rings. The summed E-state index contributed by atoms with van der Waals surface area (Å²) < 4.78 is 0. The van der Waals surface area contributed by atoms with Crippen LogP contribution in [0.2, 0.25) is 0 Å². The minimum Gasteiger partial charge on any atom is -0.480 e. The second-order valence-electron chi connectivity index (χ2n) is 9.56. The molecule has 4 unspecified atom stereocenters. The van der Waals surface area contributed by atoms with Crippen molar-refractivity contribution in [1.82, 2.24) is 16.0 Å². The van der Waals surface area contributed by atoms with Gasteiger partial charge in [0, 0.05) is 6.42 Å². The summed E-state index contributed by atoms with van der Waals surface area (Å²) in [6.07, 6.45) is 0.242. The maximum absolute atomic E-state index is 13.0. The van der Waals surface area contributed by atoms with Gasteiger partial charge in [0.1, 0.15) is 18.1 Å². The number of carboxylic acid groups (broad SMARTS) is 1. The van der Waals surface area contributed by atoms with Gasteiger partial charge in [-0.15, -0.1) is 0 Å². The highest BCUT2D eigenvalue weighted by molar-refractivity contribution is 5.94. The summed E-state index contributed by atoms with van der Waals surface area (Å²) in [6, 6.07) is -4.13. The Morgan fingerprint density at radius 2 is 1.15 bits per heavy atom. The van der Waals surface area contributed by atoms with Crippen molar-refractivity contribution in [2.75, 3.05) is 0 Å². The molecule has 0 saturated heterocycles. The molecule has 0 fully saturated rings. The number of carboxylic acids is 1. The van der Waals surface area contributed by atoms with Crippen LogP contribution in [0.4, 0.5) is 0 Å². The van der Waals surface area contributed by atoms with Crippen molar-refractivity contribution in [2.45, 2.75) is 91.4 Å². The van der Waals surface area contributed by atoms with Gasteiger partial charge in [-0.1, -0.05) is 41.5 Å². The number of nitrogens with two attached hydrogens (primary N) is 2. The molecule has 33 heavy (non-hydrogen) atoms. The van der Waals surface area contributed by atoms with Crippen LogP contribution < -0.4 is 27.4 Å². The second kappa shape index (κ2) is 14.5. The number of carbonyl (C=O) groups excluding carboxylic acids is 4. The van der Waals surface area contributed by atoms with Gasteiger partial charge < -0.3 is 32.5 Å². The van der Waals surface area contributed by atoms with E-state index in [4.69, 9.17) is 11.5 Å². The molecule has 4 amide bonds. The van der Waals surface area contributed by atoms with Crippen LogP contribution in [-0.2, 0) is 24.0 Å². The zero-order valence-corrected chi connectivity index (χ0v) is 20.5. The molecule has 0 heterocycles. The van der Waals surface area contributed by atoms with E-state index in [-0.39, 0.29) is 43.4 Å². The summed E-state index contributed by atoms with van der Waals surface area (Å²) in [6.45, 7) is 10.9. The van der Waals surface area contributed by atoms with Crippen molar-refractivity contribution < 1.29 is 29.1 Å². The zero-order valence-electron chi connectivity index (χ0n) is 20.5. The van der Waals surface area contributed by atoms with E-state index in [1.165, 1.54) is 0 Å². The summed E-state index contributed by atoms with van der Waals surface area (Å²) in [7, 11) is 0. The largest absolute Gasteiger partial charge is 0.480 e. The molecule has 8 N–H and O–H groups in total. The first-order chi connectivity index (χ1) is 15.1. The molecule has 0 rings (SSSR count). The monoisotopic (exact) mass is 471 g/mol. The third kappa shape index (κ3) is 12.2. The Bertz CT molecular complexity index is 695. The van der Waals surface area contributed by atoms with Crippen LogP contribution >= 0.6 is 0 Å². The fourth-order valence-electron chi connectivity index (χ4n) is 3.07. The molecule has 0 aliphatic heterocycles. The van der Waals surface area contributed by atoms with E-state index in [1.54, 1.807) is 13.8 Å². The van der Waals surface area contributed by atoms with Crippen LogP contribution in [0, 0.1) is 17.8 Å². The van der Waals surface area contributed by atoms with E-state index in [0.717, 1.165) is 0 Å². The van der Waals surface area contributed by atoms with E-state index in [9.17, 15) is 29.1 Å². The van der Waals surface area contributed by atoms with Gasteiger partial charge in [0.05, 0.1) is 6.04 Å². The number of carbonyl (C=O) groups is 5.